The summed E-state index contributed by atoms with van der Waals surface area (Å²) < 4.78 is 1.03. The van der Waals surface area contributed by atoms with E-state index in [4.69, 9.17) is 0 Å². The van der Waals surface area contributed by atoms with Gasteiger partial charge in [0.1, 0.15) is 0 Å². The van der Waals surface area contributed by atoms with Crippen LogP contribution < -0.4 is 0 Å². The van der Waals surface area contributed by atoms with Gasteiger partial charge < -0.3 is 5.11 Å². The van der Waals surface area contributed by atoms with Gasteiger partial charge in [-0.15, -0.1) is 0 Å². The van der Waals surface area contributed by atoms with Crippen molar-refractivity contribution in [1.29, 1.82) is 0 Å². The molecule has 2 rings (SSSR count). The molecule has 2 heterocycles. The fourth-order valence-electron chi connectivity index (χ4n) is 2.44. The van der Waals surface area contributed by atoms with Crippen LogP contribution in [0, 0.1) is 5.92 Å². The molecular formula is C13H19BrN2O. The van der Waals surface area contributed by atoms with Crippen molar-refractivity contribution in [2.24, 2.45) is 5.92 Å². The third-order valence-electron chi connectivity index (χ3n) is 3.47. The van der Waals surface area contributed by atoms with Crippen LogP contribution in [0.25, 0.3) is 0 Å². The lowest BCUT2D eigenvalue weighted by atomic mass is 9.92. The Balaban J connectivity index is 1.95. The van der Waals surface area contributed by atoms with E-state index in [2.05, 4.69) is 38.8 Å². The number of halogens is 1. The number of hydrogen-bond donors (Lipinski definition) is 1. The SMILES string of the molecule is CCC1CN(Cc2cncc(Br)c2)CCC1O. The van der Waals surface area contributed by atoms with Crippen molar-refractivity contribution in [2.75, 3.05) is 13.1 Å². The average molecular weight is 299 g/mol. The van der Waals surface area contributed by atoms with Crippen molar-refractivity contribution in [3.63, 3.8) is 0 Å². The summed E-state index contributed by atoms with van der Waals surface area (Å²) in [4.78, 5) is 6.59. The van der Waals surface area contributed by atoms with E-state index in [0.717, 1.165) is 36.9 Å². The first-order chi connectivity index (χ1) is 8.19. The van der Waals surface area contributed by atoms with Crippen LogP contribution in [0.2, 0.25) is 0 Å². The largest absolute Gasteiger partial charge is 0.393 e. The highest BCUT2D eigenvalue weighted by molar-refractivity contribution is 9.10. The third-order valence-corrected chi connectivity index (χ3v) is 3.90. The van der Waals surface area contributed by atoms with Gasteiger partial charge in [0.2, 0.25) is 0 Å². The zero-order valence-corrected chi connectivity index (χ0v) is 11.7. The van der Waals surface area contributed by atoms with Crippen LogP contribution in [-0.4, -0.2) is 34.2 Å². The molecule has 1 N–H and O–H groups in total. The van der Waals surface area contributed by atoms with E-state index in [1.165, 1.54) is 5.56 Å². The predicted molar refractivity (Wildman–Crippen MR) is 71.6 cm³/mol. The van der Waals surface area contributed by atoms with Gasteiger partial charge in [-0.2, -0.15) is 0 Å². The molecule has 94 valence electrons. The van der Waals surface area contributed by atoms with Crippen LogP contribution in [0.1, 0.15) is 25.3 Å². The molecule has 17 heavy (non-hydrogen) atoms. The number of nitrogens with zero attached hydrogens (tertiary/aromatic N) is 2. The maximum Gasteiger partial charge on any atom is 0.0592 e. The van der Waals surface area contributed by atoms with Crippen molar-refractivity contribution in [2.45, 2.75) is 32.4 Å². The fraction of sp³-hybridized carbons (Fsp3) is 0.615. The Kier molecular flexibility index (Phi) is 4.54. The number of piperidine rings is 1. The Morgan fingerprint density at radius 1 is 1.53 bits per heavy atom. The highest BCUT2D eigenvalue weighted by Gasteiger charge is 2.26. The van der Waals surface area contributed by atoms with Crippen LogP contribution in [0.3, 0.4) is 0 Å². The van der Waals surface area contributed by atoms with Gasteiger partial charge in [0.15, 0.2) is 0 Å². The molecule has 1 saturated heterocycles. The molecule has 2 unspecified atom stereocenters. The number of pyridine rings is 1. The van der Waals surface area contributed by atoms with Gasteiger partial charge in [0, 0.05) is 36.5 Å². The monoisotopic (exact) mass is 298 g/mol. The summed E-state index contributed by atoms with van der Waals surface area (Å²) in [5.41, 5.74) is 1.23. The quantitative estimate of drug-likeness (QED) is 0.931. The number of aliphatic hydroxyl groups is 1. The second-order valence-corrected chi connectivity index (χ2v) is 5.69. The molecule has 0 aliphatic carbocycles. The molecule has 0 saturated carbocycles. The van der Waals surface area contributed by atoms with E-state index in [0.29, 0.717) is 5.92 Å². The molecule has 0 spiro atoms. The fourth-order valence-corrected chi connectivity index (χ4v) is 2.85. The standard InChI is InChI=1S/C13H19BrN2O/c1-2-11-9-16(4-3-13(11)17)8-10-5-12(14)7-15-6-10/h5-7,11,13,17H,2-4,8-9H2,1H3. The van der Waals surface area contributed by atoms with E-state index < -0.39 is 0 Å². The Morgan fingerprint density at radius 2 is 2.35 bits per heavy atom. The Morgan fingerprint density at radius 3 is 3.06 bits per heavy atom. The molecular weight excluding hydrogens is 280 g/mol. The van der Waals surface area contributed by atoms with E-state index in [-0.39, 0.29) is 6.10 Å². The molecule has 4 heteroatoms. The van der Waals surface area contributed by atoms with E-state index in [1.54, 1.807) is 6.20 Å². The van der Waals surface area contributed by atoms with Crippen molar-refractivity contribution >= 4 is 15.9 Å². The molecule has 1 fully saturated rings. The lowest BCUT2D eigenvalue weighted by molar-refractivity contribution is 0.0221. The summed E-state index contributed by atoms with van der Waals surface area (Å²) >= 11 is 3.44. The minimum absolute atomic E-state index is 0.114. The summed E-state index contributed by atoms with van der Waals surface area (Å²) in [6.07, 6.45) is 5.54. The highest BCUT2D eigenvalue weighted by atomic mass is 79.9. The third kappa shape index (κ3) is 3.50. The minimum atomic E-state index is -0.114. The van der Waals surface area contributed by atoms with E-state index >= 15 is 0 Å². The smallest absolute Gasteiger partial charge is 0.0592 e. The van der Waals surface area contributed by atoms with Crippen molar-refractivity contribution in [1.82, 2.24) is 9.88 Å². The first kappa shape index (κ1) is 13.0. The van der Waals surface area contributed by atoms with Gasteiger partial charge in [-0.05, 0) is 46.3 Å². The summed E-state index contributed by atoms with van der Waals surface area (Å²) in [7, 11) is 0. The molecule has 0 amide bonds. The molecule has 0 bridgehead atoms. The Labute approximate surface area is 111 Å². The van der Waals surface area contributed by atoms with Gasteiger partial charge in [-0.3, -0.25) is 9.88 Å². The first-order valence-corrected chi connectivity index (χ1v) is 6.98. The zero-order chi connectivity index (χ0) is 12.3. The van der Waals surface area contributed by atoms with Gasteiger partial charge >= 0.3 is 0 Å². The summed E-state index contributed by atoms with van der Waals surface area (Å²) in [5, 5.41) is 9.85. The zero-order valence-electron chi connectivity index (χ0n) is 10.1. The van der Waals surface area contributed by atoms with Gasteiger partial charge in [-0.1, -0.05) is 6.92 Å². The number of aromatic nitrogens is 1. The Hall–Kier alpha value is -0.450. The average Bonchev–Trinajstić information content (AvgIpc) is 2.32. The summed E-state index contributed by atoms with van der Waals surface area (Å²) in [6, 6.07) is 2.11. The van der Waals surface area contributed by atoms with Gasteiger partial charge in [0.25, 0.3) is 0 Å². The second-order valence-electron chi connectivity index (χ2n) is 4.77. The second kappa shape index (κ2) is 5.94. The first-order valence-electron chi connectivity index (χ1n) is 6.19. The van der Waals surface area contributed by atoms with Crippen LogP contribution in [-0.2, 0) is 6.54 Å². The molecule has 0 aromatic carbocycles. The van der Waals surface area contributed by atoms with E-state index in [1.807, 2.05) is 6.20 Å². The molecule has 1 aromatic heterocycles. The molecule has 1 aliphatic rings. The minimum Gasteiger partial charge on any atom is -0.393 e. The normalized spacial score (nSPS) is 26.1. The van der Waals surface area contributed by atoms with Crippen LogP contribution in [0.15, 0.2) is 22.9 Å². The molecule has 2 atom stereocenters. The van der Waals surface area contributed by atoms with Crippen LogP contribution in [0.4, 0.5) is 0 Å². The van der Waals surface area contributed by atoms with Crippen molar-refractivity contribution in [3.05, 3.63) is 28.5 Å². The molecule has 1 aromatic rings. The van der Waals surface area contributed by atoms with Crippen molar-refractivity contribution in [3.8, 4) is 0 Å². The summed E-state index contributed by atoms with van der Waals surface area (Å²) in [5.74, 6) is 0.420. The molecule has 1 aliphatic heterocycles. The Bertz CT molecular complexity index is 372. The van der Waals surface area contributed by atoms with Crippen LogP contribution in [0.5, 0.6) is 0 Å². The molecule has 0 radical (unpaired) electrons. The highest BCUT2D eigenvalue weighted by Crippen LogP contribution is 2.22. The lowest BCUT2D eigenvalue weighted by Gasteiger charge is -2.35. The number of likely N-dealkylation sites (tertiary alicyclic amines) is 1. The molecule has 3 nitrogen and oxygen atoms in total. The lowest BCUT2D eigenvalue weighted by Crippen LogP contribution is -2.42. The van der Waals surface area contributed by atoms with Crippen molar-refractivity contribution < 1.29 is 5.11 Å². The number of aliphatic hydroxyl groups excluding tert-OH is 1. The maximum absolute atomic E-state index is 9.85. The maximum atomic E-state index is 9.85. The predicted octanol–water partition coefficient (Wildman–Crippen LogP) is 2.44. The summed E-state index contributed by atoms with van der Waals surface area (Å²) in [6.45, 7) is 5.04. The van der Waals surface area contributed by atoms with Gasteiger partial charge in [0.05, 0.1) is 6.10 Å². The van der Waals surface area contributed by atoms with Gasteiger partial charge in [-0.25, -0.2) is 0 Å². The number of hydrogen-bond acceptors (Lipinski definition) is 3. The number of rotatable bonds is 3. The van der Waals surface area contributed by atoms with E-state index in [9.17, 15) is 5.11 Å². The topological polar surface area (TPSA) is 36.4 Å². The van der Waals surface area contributed by atoms with Crippen LogP contribution >= 0.6 is 15.9 Å².